The summed E-state index contributed by atoms with van der Waals surface area (Å²) in [5.74, 6) is -0.201. The number of H-pyrrole nitrogens is 1. The number of carboxylic acids is 1. The van der Waals surface area contributed by atoms with E-state index in [4.69, 9.17) is 5.11 Å². The number of aromatic amines is 1. The zero-order chi connectivity index (χ0) is 13.9. The van der Waals surface area contributed by atoms with E-state index in [1.54, 1.807) is 6.92 Å². The van der Waals surface area contributed by atoms with Crippen LogP contribution in [-0.2, 0) is 9.59 Å². The van der Waals surface area contributed by atoms with Gasteiger partial charge in [0.05, 0.1) is 6.42 Å². The molecule has 1 heterocycles. The molecule has 1 amide bonds. The van der Waals surface area contributed by atoms with Gasteiger partial charge in [-0.25, -0.2) is 0 Å². The second-order valence-corrected chi connectivity index (χ2v) is 5.25. The van der Waals surface area contributed by atoms with Crippen LogP contribution in [0.4, 0.5) is 5.95 Å². The van der Waals surface area contributed by atoms with Crippen molar-refractivity contribution >= 4 is 17.8 Å². The Kier molecular flexibility index (Phi) is 3.82. The smallest absolute Gasteiger partial charge is 0.303 e. The third-order valence-corrected chi connectivity index (χ3v) is 3.57. The van der Waals surface area contributed by atoms with Gasteiger partial charge in [0.2, 0.25) is 11.9 Å². The Labute approximate surface area is 110 Å². The number of carbonyl (C=O) groups excluding carboxylic acids is 1. The fourth-order valence-electron chi connectivity index (χ4n) is 2.77. The van der Waals surface area contributed by atoms with Gasteiger partial charge in [-0.05, 0) is 25.2 Å². The Morgan fingerprint density at radius 2 is 2.05 bits per heavy atom. The molecule has 1 aliphatic rings. The number of anilines is 1. The largest absolute Gasteiger partial charge is 0.481 e. The first kappa shape index (κ1) is 13.5. The van der Waals surface area contributed by atoms with Gasteiger partial charge in [-0.15, -0.1) is 5.10 Å². The highest BCUT2D eigenvalue weighted by molar-refractivity contribution is 5.89. The standard InChI is InChI=1S/C12H18N4O3/c1-8-13-11(16-15-8)14-9(17)6-12(7-10(18)19)4-2-3-5-12/h2-7H2,1H3,(H,18,19)(H2,13,14,15,16,17). The van der Waals surface area contributed by atoms with Crippen molar-refractivity contribution in [3.63, 3.8) is 0 Å². The number of aryl methyl sites for hydroxylation is 1. The Bertz CT molecular complexity index is 477. The Morgan fingerprint density at radius 3 is 2.58 bits per heavy atom. The molecule has 1 aromatic rings. The Hall–Kier alpha value is -1.92. The lowest BCUT2D eigenvalue weighted by Crippen LogP contribution is -2.28. The van der Waals surface area contributed by atoms with E-state index < -0.39 is 11.4 Å². The predicted molar refractivity (Wildman–Crippen MR) is 67.5 cm³/mol. The van der Waals surface area contributed by atoms with Crippen LogP contribution in [0.15, 0.2) is 0 Å². The number of rotatable bonds is 5. The average Bonchev–Trinajstić information content (AvgIpc) is 2.87. The highest BCUT2D eigenvalue weighted by atomic mass is 16.4. The number of nitrogens with one attached hydrogen (secondary N) is 2. The number of carboxylic acid groups (broad SMARTS) is 1. The summed E-state index contributed by atoms with van der Waals surface area (Å²) < 4.78 is 0. The number of nitrogens with zero attached hydrogens (tertiary/aromatic N) is 2. The molecule has 0 radical (unpaired) electrons. The summed E-state index contributed by atoms with van der Waals surface area (Å²) in [6.45, 7) is 1.74. The molecule has 0 unspecified atom stereocenters. The third-order valence-electron chi connectivity index (χ3n) is 3.57. The molecular weight excluding hydrogens is 248 g/mol. The molecule has 1 fully saturated rings. The van der Waals surface area contributed by atoms with Gasteiger partial charge in [-0.3, -0.25) is 20.0 Å². The number of hydrogen-bond donors (Lipinski definition) is 3. The van der Waals surface area contributed by atoms with E-state index in [1.807, 2.05) is 0 Å². The molecular formula is C12H18N4O3. The first-order chi connectivity index (χ1) is 8.99. The van der Waals surface area contributed by atoms with Crippen LogP contribution in [0.3, 0.4) is 0 Å². The van der Waals surface area contributed by atoms with Gasteiger partial charge >= 0.3 is 5.97 Å². The molecule has 0 bridgehead atoms. The lowest BCUT2D eigenvalue weighted by molar-refractivity contribution is -0.140. The second kappa shape index (κ2) is 5.38. The van der Waals surface area contributed by atoms with Crippen LogP contribution in [0.25, 0.3) is 0 Å². The molecule has 19 heavy (non-hydrogen) atoms. The summed E-state index contributed by atoms with van der Waals surface area (Å²) in [4.78, 5) is 26.9. The SMILES string of the molecule is Cc1nc(NC(=O)CC2(CC(=O)O)CCCC2)n[nH]1. The van der Waals surface area contributed by atoms with Crippen molar-refractivity contribution in [3.8, 4) is 0 Å². The van der Waals surface area contributed by atoms with Crippen LogP contribution in [0.1, 0.15) is 44.3 Å². The first-order valence-corrected chi connectivity index (χ1v) is 6.40. The molecule has 0 aliphatic heterocycles. The minimum atomic E-state index is -0.844. The number of aliphatic carboxylic acids is 1. The number of aromatic nitrogens is 3. The van der Waals surface area contributed by atoms with Crippen LogP contribution in [0.2, 0.25) is 0 Å². The molecule has 0 saturated heterocycles. The summed E-state index contributed by atoms with van der Waals surface area (Å²) in [5, 5.41) is 18.1. The molecule has 7 nitrogen and oxygen atoms in total. The molecule has 104 valence electrons. The van der Waals surface area contributed by atoms with Gasteiger partial charge in [-0.2, -0.15) is 4.98 Å². The Balaban J connectivity index is 1.97. The maximum Gasteiger partial charge on any atom is 0.303 e. The lowest BCUT2D eigenvalue weighted by atomic mass is 9.79. The molecule has 7 heteroatoms. The third kappa shape index (κ3) is 3.52. The molecule has 1 saturated carbocycles. The van der Waals surface area contributed by atoms with E-state index in [0.29, 0.717) is 5.82 Å². The number of amides is 1. The van der Waals surface area contributed by atoms with Gasteiger partial charge in [-0.1, -0.05) is 12.8 Å². The maximum atomic E-state index is 12.0. The predicted octanol–water partition coefficient (Wildman–Crippen LogP) is 1.48. The van der Waals surface area contributed by atoms with E-state index in [-0.39, 0.29) is 24.7 Å². The van der Waals surface area contributed by atoms with E-state index >= 15 is 0 Å². The molecule has 0 aromatic carbocycles. The summed E-state index contributed by atoms with van der Waals surface area (Å²) in [6.07, 6.45) is 3.82. The number of hydrogen-bond acceptors (Lipinski definition) is 4. The average molecular weight is 266 g/mol. The van der Waals surface area contributed by atoms with Crippen molar-refractivity contribution in [3.05, 3.63) is 5.82 Å². The lowest BCUT2D eigenvalue weighted by Gasteiger charge is -2.25. The molecule has 0 atom stereocenters. The van der Waals surface area contributed by atoms with Crippen molar-refractivity contribution in [2.75, 3.05) is 5.32 Å². The van der Waals surface area contributed by atoms with Gasteiger partial charge in [0.1, 0.15) is 5.82 Å². The van der Waals surface area contributed by atoms with E-state index in [0.717, 1.165) is 25.7 Å². The van der Waals surface area contributed by atoms with Gasteiger partial charge in [0.25, 0.3) is 0 Å². The van der Waals surface area contributed by atoms with Crippen molar-refractivity contribution in [1.29, 1.82) is 0 Å². The normalized spacial score (nSPS) is 17.3. The summed E-state index contributed by atoms with van der Waals surface area (Å²) >= 11 is 0. The highest BCUT2D eigenvalue weighted by Gasteiger charge is 2.38. The summed E-state index contributed by atoms with van der Waals surface area (Å²) in [7, 11) is 0. The fourth-order valence-corrected chi connectivity index (χ4v) is 2.77. The molecule has 3 N–H and O–H groups in total. The van der Waals surface area contributed by atoms with Crippen molar-refractivity contribution < 1.29 is 14.7 Å². The molecule has 0 spiro atoms. The van der Waals surface area contributed by atoms with E-state index in [9.17, 15) is 9.59 Å². The summed E-state index contributed by atoms with van der Waals surface area (Å²) in [5.41, 5.74) is -0.402. The zero-order valence-corrected chi connectivity index (χ0v) is 10.9. The minimum Gasteiger partial charge on any atom is -0.481 e. The quantitative estimate of drug-likeness (QED) is 0.748. The highest BCUT2D eigenvalue weighted by Crippen LogP contribution is 2.44. The minimum absolute atomic E-state index is 0.0490. The van der Waals surface area contributed by atoms with Crippen molar-refractivity contribution in [2.45, 2.75) is 45.4 Å². The van der Waals surface area contributed by atoms with Crippen LogP contribution >= 0.6 is 0 Å². The van der Waals surface area contributed by atoms with Crippen LogP contribution in [0.5, 0.6) is 0 Å². The van der Waals surface area contributed by atoms with Crippen LogP contribution in [0, 0.1) is 12.3 Å². The number of carbonyl (C=O) groups is 2. The zero-order valence-electron chi connectivity index (χ0n) is 10.9. The van der Waals surface area contributed by atoms with Crippen molar-refractivity contribution in [2.24, 2.45) is 5.41 Å². The van der Waals surface area contributed by atoms with Crippen molar-refractivity contribution in [1.82, 2.24) is 15.2 Å². The first-order valence-electron chi connectivity index (χ1n) is 6.40. The van der Waals surface area contributed by atoms with Crippen LogP contribution in [-0.4, -0.2) is 32.2 Å². The maximum absolute atomic E-state index is 12.0. The fraction of sp³-hybridized carbons (Fsp3) is 0.667. The molecule has 1 aliphatic carbocycles. The second-order valence-electron chi connectivity index (χ2n) is 5.25. The molecule has 1 aromatic heterocycles. The van der Waals surface area contributed by atoms with Crippen LogP contribution < -0.4 is 5.32 Å². The summed E-state index contributed by atoms with van der Waals surface area (Å²) in [6, 6.07) is 0. The van der Waals surface area contributed by atoms with Gasteiger partial charge < -0.3 is 5.11 Å². The monoisotopic (exact) mass is 266 g/mol. The van der Waals surface area contributed by atoms with E-state index in [2.05, 4.69) is 20.5 Å². The van der Waals surface area contributed by atoms with Gasteiger partial charge in [0.15, 0.2) is 0 Å². The Morgan fingerprint density at radius 1 is 1.37 bits per heavy atom. The van der Waals surface area contributed by atoms with Gasteiger partial charge in [0, 0.05) is 6.42 Å². The topological polar surface area (TPSA) is 108 Å². The molecule has 2 rings (SSSR count). The van der Waals surface area contributed by atoms with E-state index in [1.165, 1.54) is 0 Å².